The number of carbonyl (C=O) groups excluding carboxylic acids is 2. The van der Waals surface area contributed by atoms with Gasteiger partial charge in [0.2, 0.25) is 5.91 Å². The molecule has 1 aromatic rings. The second-order valence-electron chi connectivity index (χ2n) is 4.31. The van der Waals surface area contributed by atoms with Crippen LogP contribution in [0.1, 0.15) is 30.1 Å². The molecule has 2 N–H and O–H groups in total. The Kier molecular flexibility index (Phi) is 6.02. The number of carbonyl (C=O) groups is 2. The van der Waals surface area contributed by atoms with Crippen LogP contribution >= 0.6 is 0 Å². The summed E-state index contributed by atoms with van der Waals surface area (Å²) in [5.41, 5.74) is 0.530. The van der Waals surface area contributed by atoms with Crippen molar-refractivity contribution in [2.75, 3.05) is 13.7 Å². The molecule has 0 aliphatic carbocycles. The van der Waals surface area contributed by atoms with Crippen LogP contribution in [0.4, 0.5) is 0 Å². The van der Waals surface area contributed by atoms with Gasteiger partial charge in [0.15, 0.2) is 5.78 Å². The van der Waals surface area contributed by atoms with Crippen LogP contribution in [0, 0.1) is 0 Å². The molecule has 5 nitrogen and oxygen atoms in total. The summed E-state index contributed by atoms with van der Waals surface area (Å²) in [6.07, 6.45) is 0.248. The summed E-state index contributed by atoms with van der Waals surface area (Å²) in [7, 11) is 1.54. The highest BCUT2D eigenvalue weighted by molar-refractivity contribution is 5.98. The van der Waals surface area contributed by atoms with Gasteiger partial charge < -0.3 is 15.2 Å². The van der Waals surface area contributed by atoms with Gasteiger partial charge in [-0.3, -0.25) is 9.59 Å². The van der Waals surface area contributed by atoms with Crippen molar-refractivity contribution in [3.05, 3.63) is 29.8 Å². The predicted octanol–water partition coefficient (Wildman–Crippen LogP) is 1.16. The molecule has 0 heterocycles. The van der Waals surface area contributed by atoms with Crippen molar-refractivity contribution in [3.8, 4) is 5.75 Å². The van der Waals surface area contributed by atoms with E-state index >= 15 is 0 Å². The van der Waals surface area contributed by atoms with E-state index in [1.54, 1.807) is 31.2 Å². The molecule has 0 spiro atoms. The van der Waals surface area contributed by atoms with E-state index in [4.69, 9.17) is 9.84 Å². The van der Waals surface area contributed by atoms with Crippen LogP contribution in [0.25, 0.3) is 0 Å². The zero-order valence-corrected chi connectivity index (χ0v) is 11.2. The van der Waals surface area contributed by atoms with E-state index in [2.05, 4.69) is 5.32 Å². The van der Waals surface area contributed by atoms with E-state index in [0.29, 0.717) is 11.3 Å². The molecule has 5 heteroatoms. The monoisotopic (exact) mass is 265 g/mol. The van der Waals surface area contributed by atoms with Gasteiger partial charge >= 0.3 is 0 Å². The van der Waals surface area contributed by atoms with E-state index in [0.717, 1.165) is 0 Å². The first kappa shape index (κ1) is 15.2. The van der Waals surface area contributed by atoms with Crippen molar-refractivity contribution >= 4 is 11.7 Å². The Morgan fingerprint density at radius 2 is 2.11 bits per heavy atom. The van der Waals surface area contributed by atoms with Crippen LogP contribution < -0.4 is 10.1 Å². The molecule has 1 unspecified atom stereocenters. The summed E-state index contributed by atoms with van der Waals surface area (Å²) < 4.78 is 5.04. The average Bonchev–Trinajstić information content (AvgIpc) is 2.44. The maximum atomic E-state index is 11.9. The fourth-order valence-corrected chi connectivity index (χ4v) is 1.56. The molecule has 1 atom stereocenters. The van der Waals surface area contributed by atoms with E-state index in [-0.39, 0.29) is 37.2 Å². The maximum absolute atomic E-state index is 11.9. The summed E-state index contributed by atoms with van der Waals surface area (Å²) >= 11 is 0. The third-order valence-electron chi connectivity index (χ3n) is 2.65. The van der Waals surface area contributed by atoms with E-state index in [1.165, 1.54) is 7.11 Å². The summed E-state index contributed by atoms with van der Waals surface area (Å²) in [6, 6.07) is 6.54. The van der Waals surface area contributed by atoms with Crippen molar-refractivity contribution < 1.29 is 19.4 Å². The minimum Gasteiger partial charge on any atom is -0.497 e. The number of aliphatic hydroxyl groups excluding tert-OH is 1. The zero-order valence-electron chi connectivity index (χ0n) is 11.2. The molecule has 0 saturated heterocycles. The van der Waals surface area contributed by atoms with Crippen LogP contribution in [0.2, 0.25) is 0 Å². The molecule has 0 aromatic heterocycles. The Morgan fingerprint density at radius 1 is 1.37 bits per heavy atom. The van der Waals surface area contributed by atoms with Gasteiger partial charge in [0.1, 0.15) is 5.75 Å². The quantitative estimate of drug-likeness (QED) is 0.725. The smallest absolute Gasteiger partial charge is 0.220 e. The van der Waals surface area contributed by atoms with Gasteiger partial charge in [-0.2, -0.15) is 0 Å². The third-order valence-corrected chi connectivity index (χ3v) is 2.65. The zero-order chi connectivity index (χ0) is 14.3. The van der Waals surface area contributed by atoms with Gasteiger partial charge in [-0.15, -0.1) is 0 Å². The topological polar surface area (TPSA) is 75.6 Å². The highest BCUT2D eigenvalue weighted by Gasteiger charge is 2.11. The predicted molar refractivity (Wildman–Crippen MR) is 71.2 cm³/mol. The number of benzene rings is 1. The molecule has 0 radical (unpaired) electrons. The molecule has 104 valence electrons. The van der Waals surface area contributed by atoms with E-state index < -0.39 is 0 Å². The Labute approximate surface area is 112 Å². The van der Waals surface area contributed by atoms with Crippen molar-refractivity contribution in [3.63, 3.8) is 0 Å². The van der Waals surface area contributed by atoms with Gasteiger partial charge in [-0.25, -0.2) is 0 Å². The van der Waals surface area contributed by atoms with Gasteiger partial charge in [0.25, 0.3) is 0 Å². The van der Waals surface area contributed by atoms with Crippen LogP contribution in [0.3, 0.4) is 0 Å². The maximum Gasteiger partial charge on any atom is 0.220 e. The Hall–Kier alpha value is -1.88. The number of ketones is 1. The van der Waals surface area contributed by atoms with Gasteiger partial charge in [-0.1, -0.05) is 12.1 Å². The summed E-state index contributed by atoms with van der Waals surface area (Å²) in [5.74, 6) is 0.271. The number of Topliss-reactive ketones (excluding diaryl/α,β-unsaturated/α-hetero) is 1. The average molecular weight is 265 g/mol. The Bertz CT molecular complexity index is 445. The largest absolute Gasteiger partial charge is 0.497 e. The van der Waals surface area contributed by atoms with Crippen molar-refractivity contribution in [2.45, 2.75) is 25.8 Å². The fourth-order valence-electron chi connectivity index (χ4n) is 1.56. The molecular formula is C14H19NO4. The number of hydrogen-bond acceptors (Lipinski definition) is 4. The SMILES string of the molecule is COc1cccc(C(=O)CCC(=O)NC(C)CO)c1. The molecule has 0 bridgehead atoms. The molecule has 0 saturated carbocycles. The number of ether oxygens (including phenoxy) is 1. The van der Waals surface area contributed by atoms with Crippen molar-refractivity contribution in [2.24, 2.45) is 0 Å². The summed E-state index contributed by atoms with van der Waals surface area (Å²) in [5, 5.41) is 11.4. The van der Waals surface area contributed by atoms with E-state index in [9.17, 15) is 9.59 Å². The fraction of sp³-hybridized carbons (Fsp3) is 0.429. The second kappa shape index (κ2) is 7.53. The first-order valence-corrected chi connectivity index (χ1v) is 6.14. The minimum atomic E-state index is -0.292. The number of hydrogen-bond donors (Lipinski definition) is 2. The molecule has 0 fully saturated rings. The molecule has 0 aliphatic heterocycles. The molecule has 1 amide bonds. The summed E-state index contributed by atoms with van der Waals surface area (Å²) in [6.45, 7) is 1.58. The summed E-state index contributed by atoms with van der Waals surface area (Å²) in [4.78, 5) is 23.4. The lowest BCUT2D eigenvalue weighted by atomic mass is 10.1. The second-order valence-corrected chi connectivity index (χ2v) is 4.31. The van der Waals surface area contributed by atoms with Crippen LogP contribution in [-0.4, -0.2) is 36.6 Å². The van der Waals surface area contributed by atoms with Crippen molar-refractivity contribution in [1.82, 2.24) is 5.32 Å². The molecular weight excluding hydrogens is 246 g/mol. The minimum absolute atomic E-state index is 0.106. The highest BCUT2D eigenvalue weighted by atomic mass is 16.5. The number of methoxy groups -OCH3 is 1. The Morgan fingerprint density at radius 3 is 2.74 bits per heavy atom. The highest BCUT2D eigenvalue weighted by Crippen LogP contribution is 2.14. The normalized spacial score (nSPS) is 11.7. The molecule has 0 aliphatic rings. The first-order valence-electron chi connectivity index (χ1n) is 6.14. The van der Waals surface area contributed by atoms with Crippen LogP contribution in [-0.2, 0) is 4.79 Å². The van der Waals surface area contributed by atoms with E-state index in [1.807, 2.05) is 0 Å². The lowest BCUT2D eigenvalue weighted by Crippen LogP contribution is -2.35. The molecule has 19 heavy (non-hydrogen) atoms. The van der Waals surface area contributed by atoms with Crippen LogP contribution in [0.5, 0.6) is 5.75 Å². The van der Waals surface area contributed by atoms with Crippen molar-refractivity contribution in [1.29, 1.82) is 0 Å². The number of rotatable bonds is 7. The lowest BCUT2D eigenvalue weighted by molar-refractivity contribution is -0.121. The number of nitrogens with one attached hydrogen (secondary N) is 1. The third kappa shape index (κ3) is 5.09. The first-order chi connectivity index (χ1) is 9.06. The van der Waals surface area contributed by atoms with Gasteiger partial charge in [-0.05, 0) is 19.1 Å². The molecule has 1 rings (SSSR count). The number of amides is 1. The molecule has 1 aromatic carbocycles. The van der Waals surface area contributed by atoms with Gasteiger partial charge in [0, 0.05) is 24.4 Å². The van der Waals surface area contributed by atoms with Crippen LogP contribution in [0.15, 0.2) is 24.3 Å². The lowest BCUT2D eigenvalue weighted by Gasteiger charge is -2.10. The number of aliphatic hydroxyl groups is 1. The Balaban J connectivity index is 2.48. The standard InChI is InChI=1S/C14H19NO4/c1-10(9-16)15-14(18)7-6-13(17)11-4-3-5-12(8-11)19-2/h3-5,8,10,16H,6-7,9H2,1-2H3,(H,15,18). The van der Waals surface area contributed by atoms with Gasteiger partial charge in [0.05, 0.1) is 13.7 Å².